The highest BCUT2D eigenvalue weighted by molar-refractivity contribution is 9.10. The van der Waals surface area contributed by atoms with Crippen molar-refractivity contribution in [1.29, 1.82) is 0 Å². The van der Waals surface area contributed by atoms with Crippen molar-refractivity contribution >= 4 is 15.9 Å². The summed E-state index contributed by atoms with van der Waals surface area (Å²) < 4.78 is 6.20. The van der Waals surface area contributed by atoms with E-state index in [1.807, 2.05) is 30.5 Å². The van der Waals surface area contributed by atoms with Crippen molar-refractivity contribution in [2.45, 2.75) is 12.6 Å². The number of hydrogen-bond donors (Lipinski definition) is 1. The maximum absolute atomic E-state index is 5.97. The van der Waals surface area contributed by atoms with E-state index in [0.29, 0.717) is 6.54 Å². The summed E-state index contributed by atoms with van der Waals surface area (Å²) in [5.74, 6) is 0.821. The molecule has 0 aliphatic rings. The molecule has 2 aromatic rings. The first-order chi connectivity index (χ1) is 10.2. The van der Waals surface area contributed by atoms with E-state index < -0.39 is 0 Å². The molecule has 0 saturated carbocycles. The van der Waals surface area contributed by atoms with E-state index in [4.69, 9.17) is 10.5 Å². The number of nitrogens with zero attached hydrogens (tertiary/aromatic N) is 2. The lowest BCUT2D eigenvalue weighted by molar-refractivity contribution is 0.239. The van der Waals surface area contributed by atoms with E-state index in [9.17, 15) is 0 Å². The van der Waals surface area contributed by atoms with Crippen molar-refractivity contribution in [1.82, 2.24) is 9.88 Å². The maximum Gasteiger partial charge on any atom is 0.133 e. The van der Waals surface area contributed by atoms with Gasteiger partial charge in [0, 0.05) is 25.3 Å². The van der Waals surface area contributed by atoms with Crippen molar-refractivity contribution < 1.29 is 4.74 Å². The van der Waals surface area contributed by atoms with Crippen LogP contribution >= 0.6 is 15.9 Å². The molecule has 0 fully saturated rings. The fourth-order valence-electron chi connectivity index (χ4n) is 2.32. The van der Waals surface area contributed by atoms with E-state index in [2.05, 4.69) is 45.0 Å². The van der Waals surface area contributed by atoms with Crippen LogP contribution in [0.25, 0.3) is 0 Å². The van der Waals surface area contributed by atoms with Gasteiger partial charge in [0.1, 0.15) is 5.75 Å². The van der Waals surface area contributed by atoms with E-state index in [1.54, 1.807) is 7.11 Å². The molecule has 112 valence electrons. The van der Waals surface area contributed by atoms with Gasteiger partial charge in [-0.05, 0) is 52.8 Å². The third-order valence-electron chi connectivity index (χ3n) is 3.45. The second-order valence-electron chi connectivity index (χ2n) is 4.88. The number of ether oxygens (including phenoxy) is 1. The third-order valence-corrected chi connectivity index (χ3v) is 4.07. The third kappa shape index (κ3) is 4.03. The van der Waals surface area contributed by atoms with Crippen LogP contribution in [0, 0.1) is 0 Å². The van der Waals surface area contributed by atoms with Crippen molar-refractivity contribution in [3.8, 4) is 5.75 Å². The molecule has 1 atom stereocenters. The lowest BCUT2D eigenvalue weighted by Gasteiger charge is -2.27. The Morgan fingerprint density at radius 1 is 1.33 bits per heavy atom. The van der Waals surface area contributed by atoms with Crippen LogP contribution in [0.1, 0.15) is 17.3 Å². The average Bonchev–Trinajstić information content (AvgIpc) is 2.49. The largest absolute Gasteiger partial charge is 0.496 e. The Hall–Kier alpha value is -1.43. The first-order valence-electron chi connectivity index (χ1n) is 6.79. The van der Waals surface area contributed by atoms with Crippen molar-refractivity contribution in [3.05, 3.63) is 58.3 Å². The summed E-state index contributed by atoms with van der Waals surface area (Å²) in [4.78, 5) is 6.57. The van der Waals surface area contributed by atoms with Gasteiger partial charge in [-0.25, -0.2) is 0 Å². The molecule has 1 heterocycles. The molecule has 0 spiro atoms. The highest BCUT2D eigenvalue weighted by atomic mass is 79.9. The second kappa shape index (κ2) is 7.54. The standard InChI is InChI=1S/C16H20BrN3O/c1-20(11-13-5-3-4-8-19-13)15(10-18)12-6-7-16(21-2)14(17)9-12/h3-9,15H,10-11,18H2,1-2H3. The van der Waals surface area contributed by atoms with Crippen molar-refractivity contribution in [2.24, 2.45) is 5.73 Å². The van der Waals surface area contributed by atoms with E-state index in [-0.39, 0.29) is 6.04 Å². The minimum atomic E-state index is 0.134. The SMILES string of the molecule is COc1ccc(C(CN)N(C)Cc2ccccn2)cc1Br. The number of likely N-dealkylation sites (N-methyl/N-ethyl adjacent to an activating group) is 1. The van der Waals surface area contributed by atoms with Gasteiger partial charge in [-0.15, -0.1) is 0 Å². The van der Waals surface area contributed by atoms with Gasteiger partial charge in [-0.2, -0.15) is 0 Å². The molecule has 0 bridgehead atoms. The Labute approximate surface area is 134 Å². The zero-order chi connectivity index (χ0) is 15.2. The van der Waals surface area contributed by atoms with E-state index in [1.165, 1.54) is 0 Å². The molecule has 0 radical (unpaired) electrons. The van der Waals surface area contributed by atoms with Gasteiger partial charge >= 0.3 is 0 Å². The summed E-state index contributed by atoms with van der Waals surface area (Å²) in [5.41, 5.74) is 8.16. The van der Waals surface area contributed by atoms with Crippen LogP contribution in [0.4, 0.5) is 0 Å². The minimum Gasteiger partial charge on any atom is -0.496 e. The van der Waals surface area contributed by atoms with Crippen molar-refractivity contribution in [3.63, 3.8) is 0 Å². The molecule has 2 rings (SSSR count). The van der Waals surface area contributed by atoms with Gasteiger partial charge in [0.25, 0.3) is 0 Å². The van der Waals surface area contributed by atoms with Crippen LogP contribution in [0.3, 0.4) is 0 Å². The molecule has 0 aliphatic heterocycles. The molecule has 5 heteroatoms. The summed E-state index contributed by atoms with van der Waals surface area (Å²) in [5, 5.41) is 0. The molecular weight excluding hydrogens is 330 g/mol. The summed E-state index contributed by atoms with van der Waals surface area (Å²) in [6.07, 6.45) is 1.81. The van der Waals surface area contributed by atoms with Gasteiger partial charge < -0.3 is 10.5 Å². The topological polar surface area (TPSA) is 51.4 Å². The van der Waals surface area contributed by atoms with Crippen LogP contribution in [0.5, 0.6) is 5.75 Å². The number of methoxy groups -OCH3 is 1. The van der Waals surface area contributed by atoms with Crippen LogP contribution < -0.4 is 10.5 Å². The average molecular weight is 350 g/mol. The number of aromatic nitrogens is 1. The molecule has 4 nitrogen and oxygen atoms in total. The summed E-state index contributed by atoms with van der Waals surface area (Å²) >= 11 is 3.52. The normalized spacial score (nSPS) is 12.4. The van der Waals surface area contributed by atoms with Crippen LogP contribution in [-0.4, -0.2) is 30.6 Å². The van der Waals surface area contributed by atoms with Gasteiger partial charge in [-0.1, -0.05) is 12.1 Å². The zero-order valence-electron chi connectivity index (χ0n) is 12.3. The maximum atomic E-state index is 5.97. The Morgan fingerprint density at radius 3 is 2.71 bits per heavy atom. The number of pyridine rings is 1. The first-order valence-corrected chi connectivity index (χ1v) is 7.58. The molecule has 1 aromatic heterocycles. The molecular formula is C16H20BrN3O. The van der Waals surface area contributed by atoms with Gasteiger partial charge in [0.05, 0.1) is 17.3 Å². The van der Waals surface area contributed by atoms with Gasteiger partial charge in [0.2, 0.25) is 0 Å². The first kappa shape index (κ1) is 15.9. The Morgan fingerprint density at radius 2 is 2.14 bits per heavy atom. The van der Waals surface area contributed by atoms with Crippen LogP contribution in [-0.2, 0) is 6.54 Å². The smallest absolute Gasteiger partial charge is 0.133 e. The Kier molecular flexibility index (Phi) is 5.73. The Bertz CT molecular complexity index is 577. The van der Waals surface area contributed by atoms with Gasteiger partial charge in [-0.3, -0.25) is 9.88 Å². The lowest BCUT2D eigenvalue weighted by Crippen LogP contribution is -2.30. The fourth-order valence-corrected chi connectivity index (χ4v) is 2.88. The van der Waals surface area contributed by atoms with Crippen LogP contribution in [0.2, 0.25) is 0 Å². The molecule has 0 aliphatic carbocycles. The number of hydrogen-bond acceptors (Lipinski definition) is 4. The van der Waals surface area contributed by atoms with Gasteiger partial charge in [0.15, 0.2) is 0 Å². The fraction of sp³-hybridized carbons (Fsp3) is 0.312. The predicted octanol–water partition coefficient (Wildman–Crippen LogP) is 2.98. The highest BCUT2D eigenvalue weighted by Crippen LogP contribution is 2.29. The molecule has 1 unspecified atom stereocenters. The summed E-state index contributed by atoms with van der Waals surface area (Å²) in [6, 6.07) is 12.1. The van der Waals surface area contributed by atoms with Crippen LogP contribution in [0.15, 0.2) is 47.1 Å². The van der Waals surface area contributed by atoms with Crippen molar-refractivity contribution in [2.75, 3.05) is 20.7 Å². The summed E-state index contributed by atoms with van der Waals surface area (Å²) in [7, 11) is 3.72. The lowest BCUT2D eigenvalue weighted by atomic mass is 10.1. The number of benzene rings is 1. The second-order valence-corrected chi connectivity index (χ2v) is 5.74. The highest BCUT2D eigenvalue weighted by Gasteiger charge is 2.17. The van der Waals surface area contributed by atoms with E-state index in [0.717, 1.165) is 28.0 Å². The quantitative estimate of drug-likeness (QED) is 0.870. The molecule has 0 amide bonds. The zero-order valence-corrected chi connectivity index (χ0v) is 13.9. The van der Waals surface area contributed by atoms with E-state index >= 15 is 0 Å². The summed E-state index contributed by atoms with van der Waals surface area (Å²) in [6.45, 7) is 1.30. The predicted molar refractivity (Wildman–Crippen MR) is 88.2 cm³/mol. The number of rotatable bonds is 6. The molecule has 0 saturated heterocycles. The molecule has 21 heavy (non-hydrogen) atoms. The minimum absolute atomic E-state index is 0.134. The Balaban J connectivity index is 2.16. The monoisotopic (exact) mass is 349 g/mol. The number of halogens is 1. The molecule has 2 N–H and O–H groups in total. The number of nitrogens with two attached hydrogens (primary N) is 1. The molecule has 1 aromatic carbocycles.